The van der Waals surface area contributed by atoms with Gasteiger partial charge in [0, 0.05) is 23.2 Å². The molecule has 0 saturated carbocycles. The van der Waals surface area contributed by atoms with Crippen molar-refractivity contribution in [2.24, 2.45) is 0 Å². The number of carbonyl (C=O) groups is 1. The molecule has 2 heterocycles. The Morgan fingerprint density at radius 3 is 2.69 bits per heavy atom. The van der Waals surface area contributed by atoms with Crippen molar-refractivity contribution < 1.29 is 9.32 Å². The first-order valence-electron chi connectivity index (χ1n) is 9.00. The number of amides is 1. The minimum Gasteiger partial charge on any atom is -0.359 e. The predicted molar refractivity (Wildman–Crippen MR) is 99.0 cm³/mol. The van der Waals surface area contributed by atoms with E-state index in [2.05, 4.69) is 20.4 Å². The van der Waals surface area contributed by atoms with Gasteiger partial charge in [-0.2, -0.15) is 0 Å². The number of aryl methyl sites for hydroxylation is 3. The molecule has 0 aliphatic heterocycles. The molecule has 6 nitrogen and oxygen atoms in total. The number of hydrogen-bond donors (Lipinski definition) is 2. The molecule has 1 aromatic carbocycles. The highest BCUT2D eigenvalue weighted by Gasteiger charge is 2.20. The van der Waals surface area contributed by atoms with Crippen LogP contribution in [-0.2, 0) is 24.1 Å². The normalized spacial score (nSPS) is 13.5. The molecule has 0 spiro atoms. The summed E-state index contributed by atoms with van der Waals surface area (Å²) in [4.78, 5) is 20.1. The van der Waals surface area contributed by atoms with Gasteiger partial charge in [0.25, 0.3) is 0 Å². The van der Waals surface area contributed by atoms with Crippen molar-refractivity contribution in [2.75, 3.05) is 5.32 Å². The van der Waals surface area contributed by atoms with E-state index in [1.54, 1.807) is 0 Å². The molecule has 0 saturated heterocycles. The fourth-order valence-electron chi connectivity index (χ4n) is 3.52. The highest BCUT2D eigenvalue weighted by atomic mass is 16.5. The molecule has 26 heavy (non-hydrogen) atoms. The third-order valence-electron chi connectivity index (χ3n) is 4.80. The molecule has 0 atom stereocenters. The van der Waals surface area contributed by atoms with E-state index < -0.39 is 0 Å². The summed E-state index contributed by atoms with van der Waals surface area (Å²) in [5.41, 5.74) is 5.05. The SMILES string of the molecule is Cc1nc(-c2ccc(CC(=O)Nc3noc4c3CCCC4)cc2)c(C)[nH]1. The first kappa shape index (κ1) is 16.6. The highest BCUT2D eigenvalue weighted by molar-refractivity contribution is 5.92. The monoisotopic (exact) mass is 350 g/mol. The van der Waals surface area contributed by atoms with E-state index >= 15 is 0 Å². The zero-order valence-corrected chi connectivity index (χ0v) is 15.1. The maximum absolute atomic E-state index is 12.4. The van der Waals surface area contributed by atoms with E-state index in [1.165, 1.54) is 0 Å². The Morgan fingerprint density at radius 2 is 1.96 bits per heavy atom. The average molecular weight is 350 g/mol. The summed E-state index contributed by atoms with van der Waals surface area (Å²) < 4.78 is 5.34. The number of hydrogen-bond acceptors (Lipinski definition) is 4. The molecule has 3 aromatic rings. The Kier molecular flexibility index (Phi) is 4.32. The molecule has 6 heteroatoms. The fourth-order valence-corrected chi connectivity index (χ4v) is 3.52. The number of nitrogens with zero attached hydrogens (tertiary/aromatic N) is 2. The molecule has 0 fully saturated rings. The molecular weight excluding hydrogens is 328 g/mol. The number of carbonyl (C=O) groups excluding carboxylic acids is 1. The van der Waals surface area contributed by atoms with Crippen LogP contribution in [0, 0.1) is 13.8 Å². The molecule has 2 N–H and O–H groups in total. The lowest BCUT2D eigenvalue weighted by Crippen LogP contribution is -2.16. The van der Waals surface area contributed by atoms with Crippen LogP contribution in [0.15, 0.2) is 28.8 Å². The molecule has 1 aliphatic carbocycles. The fraction of sp³-hybridized carbons (Fsp3) is 0.350. The van der Waals surface area contributed by atoms with Gasteiger partial charge in [-0.05, 0) is 38.7 Å². The second-order valence-corrected chi connectivity index (χ2v) is 6.86. The van der Waals surface area contributed by atoms with Crippen LogP contribution in [0.4, 0.5) is 5.82 Å². The van der Waals surface area contributed by atoms with Gasteiger partial charge < -0.3 is 14.8 Å². The summed E-state index contributed by atoms with van der Waals surface area (Å²) in [6.07, 6.45) is 4.37. The number of benzene rings is 1. The van der Waals surface area contributed by atoms with Gasteiger partial charge in [0.2, 0.25) is 5.91 Å². The first-order valence-corrected chi connectivity index (χ1v) is 9.00. The number of H-pyrrole nitrogens is 1. The molecule has 1 amide bonds. The molecule has 0 bridgehead atoms. The van der Waals surface area contributed by atoms with E-state index in [9.17, 15) is 4.79 Å². The van der Waals surface area contributed by atoms with E-state index in [0.717, 1.165) is 65.3 Å². The van der Waals surface area contributed by atoms with Crippen LogP contribution in [0.3, 0.4) is 0 Å². The summed E-state index contributed by atoms with van der Waals surface area (Å²) in [5, 5.41) is 6.92. The minimum absolute atomic E-state index is 0.0776. The summed E-state index contributed by atoms with van der Waals surface area (Å²) in [6, 6.07) is 7.94. The molecule has 2 aromatic heterocycles. The van der Waals surface area contributed by atoms with Crippen molar-refractivity contribution in [3.63, 3.8) is 0 Å². The van der Waals surface area contributed by atoms with Crippen LogP contribution in [0.2, 0.25) is 0 Å². The van der Waals surface area contributed by atoms with Crippen LogP contribution < -0.4 is 5.32 Å². The Labute approximate surface area is 152 Å². The standard InChI is InChI=1S/C20H22N4O2/c1-12-19(22-13(2)21-12)15-9-7-14(8-10-15)11-18(25)23-20-16-5-3-4-6-17(16)26-24-20/h7-10H,3-6,11H2,1-2H3,(H,21,22)(H,23,24,25). The second kappa shape index (κ2) is 6.78. The highest BCUT2D eigenvalue weighted by Crippen LogP contribution is 2.27. The van der Waals surface area contributed by atoms with Crippen molar-refractivity contribution in [3.05, 3.63) is 52.7 Å². The third kappa shape index (κ3) is 3.27. The van der Waals surface area contributed by atoms with E-state index in [-0.39, 0.29) is 5.91 Å². The first-order chi connectivity index (χ1) is 12.6. The van der Waals surface area contributed by atoms with E-state index in [4.69, 9.17) is 4.52 Å². The average Bonchev–Trinajstić information content (AvgIpc) is 3.18. The van der Waals surface area contributed by atoms with Gasteiger partial charge in [0.1, 0.15) is 11.6 Å². The molecular formula is C20H22N4O2. The number of imidazole rings is 1. The summed E-state index contributed by atoms with van der Waals surface area (Å²) >= 11 is 0. The topological polar surface area (TPSA) is 83.8 Å². The maximum atomic E-state index is 12.4. The number of fused-ring (bicyclic) bond motifs is 1. The largest absolute Gasteiger partial charge is 0.359 e. The number of rotatable bonds is 4. The van der Waals surface area contributed by atoms with E-state index in [1.807, 2.05) is 38.1 Å². The maximum Gasteiger partial charge on any atom is 0.230 e. The van der Waals surface area contributed by atoms with Gasteiger partial charge in [-0.15, -0.1) is 0 Å². The number of aromatic amines is 1. The van der Waals surface area contributed by atoms with Gasteiger partial charge >= 0.3 is 0 Å². The minimum atomic E-state index is -0.0776. The Bertz CT molecular complexity index is 937. The lowest BCUT2D eigenvalue weighted by atomic mass is 9.98. The summed E-state index contributed by atoms with van der Waals surface area (Å²) in [7, 11) is 0. The number of anilines is 1. The van der Waals surface area contributed by atoms with Crippen LogP contribution >= 0.6 is 0 Å². The van der Waals surface area contributed by atoms with Crippen LogP contribution in [0.5, 0.6) is 0 Å². The van der Waals surface area contributed by atoms with Crippen LogP contribution in [-0.4, -0.2) is 21.0 Å². The quantitative estimate of drug-likeness (QED) is 0.751. The lowest BCUT2D eigenvalue weighted by Gasteiger charge is -2.09. The van der Waals surface area contributed by atoms with Gasteiger partial charge in [-0.1, -0.05) is 29.4 Å². The van der Waals surface area contributed by atoms with Crippen LogP contribution in [0.25, 0.3) is 11.3 Å². The second-order valence-electron chi connectivity index (χ2n) is 6.86. The molecule has 1 aliphatic rings. The van der Waals surface area contributed by atoms with Crippen molar-refractivity contribution >= 4 is 11.7 Å². The van der Waals surface area contributed by atoms with Crippen molar-refractivity contribution in [1.29, 1.82) is 0 Å². The Balaban J connectivity index is 1.43. The van der Waals surface area contributed by atoms with Crippen molar-refractivity contribution in [2.45, 2.75) is 46.0 Å². The predicted octanol–water partition coefficient (Wildman–Crippen LogP) is 3.74. The van der Waals surface area contributed by atoms with Gasteiger partial charge in [0.15, 0.2) is 5.82 Å². The zero-order valence-electron chi connectivity index (χ0n) is 15.1. The van der Waals surface area contributed by atoms with Crippen molar-refractivity contribution in [1.82, 2.24) is 15.1 Å². The number of nitrogens with one attached hydrogen (secondary N) is 2. The van der Waals surface area contributed by atoms with E-state index in [0.29, 0.717) is 12.2 Å². The Morgan fingerprint density at radius 1 is 1.19 bits per heavy atom. The van der Waals surface area contributed by atoms with Gasteiger partial charge in [0.05, 0.1) is 12.1 Å². The molecule has 0 unspecified atom stereocenters. The summed E-state index contributed by atoms with van der Waals surface area (Å²) in [6.45, 7) is 3.95. The lowest BCUT2D eigenvalue weighted by molar-refractivity contribution is -0.115. The van der Waals surface area contributed by atoms with Crippen LogP contribution in [0.1, 0.15) is 41.2 Å². The molecule has 134 valence electrons. The Hall–Kier alpha value is -2.89. The van der Waals surface area contributed by atoms with Gasteiger partial charge in [-0.3, -0.25) is 4.79 Å². The zero-order chi connectivity index (χ0) is 18.1. The summed E-state index contributed by atoms with van der Waals surface area (Å²) in [5.74, 6) is 2.33. The van der Waals surface area contributed by atoms with Gasteiger partial charge in [-0.25, -0.2) is 4.98 Å². The number of aromatic nitrogens is 3. The van der Waals surface area contributed by atoms with Crippen molar-refractivity contribution in [3.8, 4) is 11.3 Å². The molecule has 0 radical (unpaired) electrons. The third-order valence-corrected chi connectivity index (χ3v) is 4.80. The smallest absolute Gasteiger partial charge is 0.230 e. The molecule has 4 rings (SSSR count).